The molecular weight excluding hydrogens is 354 g/mol. The highest BCUT2D eigenvalue weighted by molar-refractivity contribution is 14.1. The minimum absolute atomic E-state index is 0.0130. The highest BCUT2D eigenvalue weighted by atomic mass is 127. The lowest BCUT2D eigenvalue weighted by atomic mass is 10.1. The molecule has 0 saturated carbocycles. The second-order valence-corrected chi connectivity index (χ2v) is 4.27. The standard InChI is InChI=1S/C9H7ClF2INO2/c10-3-4-1-6(8(11)12)14-9(13)5(4)2-7(15)16/h1,8H,2-3H2,(H,15,16). The predicted molar refractivity (Wildman–Crippen MR) is 62.8 cm³/mol. The van der Waals surface area contributed by atoms with Crippen LogP contribution in [0.2, 0.25) is 0 Å². The molecule has 0 aliphatic carbocycles. The van der Waals surface area contributed by atoms with Gasteiger partial charge in [-0.25, -0.2) is 13.8 Å². The van der Waals surface area contributed by atoms with E-state index in [1.807, 2.05) is 0 Å². The molecule has 1 heterocycles. The van der Waals surface area contributed by atoms with Crippen LogP contribution in [0.3, 0.4) is 0 Å². The van der Waals surface area contributed by atoms with Gasteiger partial charge in [0.05, 0.1) is 6.42 Å². The number of carboxylic acid groups (broad SMARTS) is 1. The van der Waals surface area contributed by atoms with E-state index in [2.05, 4.69) is 4.98 Å². The van der Waals surface area contributed by atoms with Gasteiger partial charge in [0.25, 0.3) is 6.43 Å². The van der Waals surface area contributed by atoms with E-state index in [4.69, 9.17) is 16.7 Å². The molecule has 0 aromatic carbocycles. The van der Waals surface area contributed by atoms with E-state index in [0.29, 0.717) is 11.1 Å². The molecular formula is C9H7ClF2INO2. The molecule has 0 fully saturated rings. The zero-order chi connectivity index (χ0) is 12.3. The molecule has 0 saturated heterocycles. The Labute approximate surface area is 109 Å². The van der Waals surface area contributed by atoms with Gasteiger partial charge in [-0.1, -0.05) is 0 Å². The fourth-order valence-electron chi connectivity index (χ4n) is 1.18. The van der Waals surface area contributed by atoms with E-state index < -0.39 is 12.4 Å². The fourth-order valence-corrected chi connectivity index (χ4v) is 2.23. The molecule has 1 aromatic heterocycles. The van der Waals surface area contributed by atoms with Crippen molar-refractivity contribution in [3.8, 4) is 0 Å². The van der Waals surface area contributed by atoms with Crippen molar-refractivity contribution in [2.75, 3.05) is 0 Å². The van der Waals surface area contributed by atoms with Crippen LogP contribution in [0.15, 0.2) is 6.07 Å². The van der Waals surface area contributed by atoms with Crippen LogP contribution in [0, 0.1) is 3.70 Å². The summed E-state index contributed by atoms with van der Waals surface area (Å²) in [4.78, 5) is 14.2. The summed E-state index contributed by atoms with van der Waals surface area (Å²) in [5.74, 6) is -1.06. The normalized spacial score (nSPS) is 10.8. The smallest absolute Gasteiger partial charge is 0.307 e. The van der Waals surface area contributed by atoms with Crippen molar-refractivity contribution in [3.05, 3.63) is 26.6 Å². The topological polar surface area (TPSA) is 50.2 Å². The third-order valence-electron chi connectivity index (χ3n) is 1.88. The molecule has 1 N–H and O–H groups in total. The number of aliphatic carboxylic acids is 1. The van der Waals surface area contributed by atoms with Crippen LogP contribution in [0.25, 0.3) is 0 Å². The fraction of sp³-hybridized carbons (Fsp3) is 0.333. The van der Waals surface area contributed by atoms with Crippen molar-refractivity contribution in [3.63, 3.8) is 0 Å². The molecule has 0 radical (unpaired) electrons. The van der Waals surface area contributed by atoms with Crippen LogP contribution in [0.5, 0.6) is 0 Å². The summed E-state index contributed by atoms with van der Waals surface area (Å²) in [6.07, 6.45) is -2.95. The molecule has 0 unspecified atom stereocenters. The Hall–Kier alpha value is -0.500. The van der Waals surface area contributed by atoms with Crippen LogP contribution in [-0.4, -0.2) is 16.1 Å². The summed E-state index contributed by atoms with van der Waals surface area (Å²) in [5, 5.41) is 8.67. The van der Waals surface area contributed by atoms with Crippen molar-refractivity contribution in [1.82, 2.24) is 4.98 Å². The molecule has 3 nitrogen and oxygen atoms in total. The molecule has 1 rings (SSSR count). The van der Waals surface area contributed by atoms with Crippen LogP contribution < -0.4 is 0 Å². The van der Waals surface area contributed by atoms with Gasteiger partial charge in [-0.05, 0) is 39.8 Å². The number of aromatic nitrogens is 1. The third kappa shape index (κ3) is 3.24. The maximum atomic E-state index is 12.4. The number of rotatable bonds is 4. The first-order chi connectivity index (χ1) is 7.45. The third-order valence-corrected chi connectivity index (χ3v) is 3.06. The summed E-state index contributed by atoms with van der Waals surface area (Å²) in [5.41, 5.74) is 0.403. The monoisotopic (exact) mass is 361 g/mol. The number of alkyl halides is 3. The van der Waals surface area contributed by atoms with Crippen molar-refractivity contribution in [2.24, 2.45) is 0 Å². The lowest BCUT2D eigenvalue weighted by molar-refractivity contribution is -0.136. The molecule has 88 valence electrons. The van der Waals surface area contributed by atoms with E-state index in [9.17, 15) is 13.6 Å². The predicted octanol–water partition coefficient (Wildman–Crippen LogP) is 2.99. The Balaban J connectivity index is 3.22. The number of hydrogen-bond donors (Lipinski definition) is 1. The number of carboxylic acids is 1. The average Bonchev–Trinajstić information content (AvgIpc) is 2.19. The molecule has 0 bridgehead atoms. The largest absolute Gasteiger partial charge is 0.481 e. The first kappa shape index (κ1) is 13.6. The Morgan fingerprint density at radius 2 is 2.25 bits per heavy atom. The van der Waals surface area contributed by atoms with E-state index in [0.717, 1.165) is 6.07 Å². The Morgan fingerprint density at radius 3 is 2.69 bits per heavy atom. The number of hydrogen-bond acceptors (Lipinski definition) is 2. The highest BCUT2D eigenvalue weighted by Crippen LogP contribution is 2.24. The first-order valence-electron chi connectivity index (χ1n) is 4.19. The van der Waals surface area contributed by atoms with Crippen molar-refractivity contribution in [2.45, 2.75) is 18.7 Å². The number of pyridine rings is 1. The van der Waals surface area contributed by atoms with Gasteiger partial charge in [-0.2, -0.15) is 0 Å². The summed E-state index contributed by atoms with van der Waals surface area (Å²) in [7, 11) is 0. The average molecular weight is 362 g/mol. The van der Waals surface area contributed by atoms with E-state index in [1.165, 1.54) is 0 Å². The Bertz CT molecular complexity index is 415. The quantitative estimate of drug-likeness (QED) is 0.510. The van der Waals surface area contributed by atoms with Gasteiger partial charge in [-0.15, -0.1) is 11.6 Å². The molecule has 0 aliphatic rings. The Kier molecular flexibility index (Phi) is 4.85. The summed E-state index contributed by atoms with van der Waals surface area (Å²) < 4.78 is 25.1. The van der Waals surface area contributed by atoms with Gasteiger partial charge in [0.1, 0.15) is 9.39 Å². The number of halogens is 4. The zero-order valence-corrected chi connectivity index (χ0v) is 10.8. The minimum Gasteiger partial charge on any atom is -0.481 e. The van der Waals surface area contributed by atoms with Gasteiger partial charge in [0, 0.05) is 5.88 Å². The first-order valence-corrected chi connectivity index (χ1v) is 5.81. The van der Waals surface area contributed by atoms with Gasteiger partial charge in [0.2, 0.25) is 0 Å². The van der Waals surface area contributed by atoms with Gasteiger partial charge < -0.3 is 5.11 Å². The second-order valence-electron chi connectivity index (χ2n) is 2.98. The van der Waals surface area contributed by atoms with Gasteiger partial charge in [-0.3, -0.25) is 4.79 Å². The molecule has 0 atom stereocenters. The zero-order valence-electron chi connectivity index (χ0n) is 7.88. The highest BCUT2D eigenvalue weighted by Gasteiger charge is 2.17. The summed E-state index contributed by atoms with van der Waals surface area (Å²) >= 11 is 7.33. The van der Waals surface area contributed by atoms with E-state index in [1.54, 1.807) is 22.6 Å². The number of carbonyl (C=O) groups is 1. The maximum absolute atomic E-state index is 12.4. The molecule has 0 spiro atoms. The van der Waals surface area contributed by atoms with Crippen molar-refractivity contribution < 1.29 is 18.7 Å². The molecule has 7 heteroatoms. The van der Waals surface area contributed by atoms with Crippen LogP contribution in [-0.2, 0) is 17.1 Å². The molecule has 1 aromatic rings. The van der Waals surface area contributed by atoms with Crippen LogP contribution >= 0.6 is 34.2 Å². The molecule has 16 heavy (non-hydrogen) atoms. The maximum Gasteiger partial charge on any atom is 0.307 e. The van der Waals surface area contributed by atoms with E-state index in [-0.39, 0.29) is 21.7 Å². The second kappa shape index (κ2) is 5.72. The van der Waals surface area contributed by atoms with E-state index >= 15 is 0 Å². The lowest BCUT2D eigenvalue weighted by Gasteiger charge is -2.09. The SMILES string of the molecule is O=C(O)Cc1c(CCl)cc(C(F)F)nc1I. The molecule has 0 aliphatic heterocycles. The van der Waals surface area contributed by atoms with Gasteiger partial charge in [0.15, 0.2) is 0 Å². The number of nitrogens with zero attached hydrogens (tertiary/aromatic N) is 1. The summed E-state index contributed by atoms with van der Waals surface area (Å²) in [6.45, 7) is 0. The Morgan fingerprint density at radius 1 is 1.62 bits per heavy atom. The van der Waals surface area contributed by atoms with Crippen LogP contribution in [0.1, 0.15) is 23.2 Å². The molecule has 0 amide bonds. The minimum atomic E-state index is -2.69. The van der Waals surface area contributed by atoms with Crippen LogP contribution in [0.4, 0.5) is 8.78 Å². The lowest BCUT2D eigenvalue weighted by Crippen LogP contribution is -2.08. The summed E-state index contributed by atoms with van der Waals surface area (Å²) in [6, 6.07) is 1.15. The van der Waals surface area contributed by atoms with Crippen molar-refractivity contribution in [1.29, 1.82) is 0 Å². The van der Waals surface area contributed by atoms with Crippen molar-refractivity contribution >= 4 is 40.2 Å². The van der Waals surface area contributed by atoms with Gasteiger partial charge >= 0.3 is 5.97 Å².